The molecule has 8 nitrogen and oxygen atoms in total. The average Bonchev–Trinajstić information content (AvgIpc) is 3.53. The summed E-state index contributed by atoms with van der Waals surface area (Å²) in [6.45, 7) is 3.59. The molecule has 0 bridgehead atoms. The summed E-state index contributed by atoms with van der Waals surface area (Å²) < 4.78 is 18.7. The number of nitrogens with zero attached hydrogens (tertiary/aromatic N) is 3. The van der Waals surface area contributed by atoms with E-state index in [2.05, 4.69) is 15.5 Å². The minimum absolute atomic E-state index is 0.0961. The van der Waals surface area contributed by atoms with Gasteiger partial charge in [-0.15, -0.1) is 10.2 Å². The van der Waals surface area contributed by atoms with Crippen molar-refractivity contribution in [1.29, 1.82) is 0 Å². The van der Waals surface area contributed by atoms with E-state index >= 15 is 0 Å². The Bertz CT molecular complexity index is 1260. The number of rotatable bonds is 8. The molecular weight excluding hydrogens is 452 g/mol. The summed E-state index contributed by atoms with van der Waals surface area (Å²) in [4.78, 5) is 12.7. The van der Waals surface area contributed by atoms with E-state index < -0.39 is 0 Å². The predicted molar refractivity (Wildman–Crippen MR) is 128 cm³/mol. The number of furan rings is 1. The number of ether oxygens (including phenoxy) is 2. The third-order valence-electron chi connectivity index (χ3n) is 5.42. The fourth-order valence-electron chi connectivity index (χ4n) is 3.72. The van der Waals surface area contributed by atoms with Gasteiger partial charge in [-0.25, -0.2) is 0 Å². The summed E-state index contributed by atoms with van der Waals surface area (Å²) in [5.74, 6) is 2.81. The highest BCUT2D eigenvalue weighted by Crippen LogP contribution is 2.32. The van der Waals surface area contributed by atoms with Gasteiger partial charge in [0.2, 0.25) is 11.7 Å². The Labute approximate surface area is 201 Å². The number of thioether (sulfide) groups is 1. The Morgan fingerprint density at radius 1 is 1.06 bits per heavy atom. The van der Waals surface area contributed by atoms with Crippen LogP contribution in [0.2, 0.25) is 0 Å². The lowest BCUT2D eigenvalue weighted by molar-refractivity contribution is -0.119. The van der Waals surface area contributed by atoms with Gasteiger partial charge >= 0.3 is 0 Å². The first kappa shape index (κ1) is 22.1. The van der Waals surface area contributed by atoms with Gasteiger partial charge in [0, 0.05) is 0 Å². The molecule has 0 saturated carbocycles. The second-order valence-corrected chi connectivity index (χ2v) is 8.78. The van der Waals surface area contributed by atoms with Gasteiger partial charge in [-0.1, -0.05) is 48.2 Å². The van der Waals surface area contributed by atoms with E-state index in [1.165, 1.54) is 11.8 Å². The van der Waals surface area contributed by atoms with Crippen LogP contribution in [0.4, 0.5) is 0 Å². The maximum absolute atomic E-state index is 12.7. The van der Waals surface area contributed by atoms with Gasteiger partial charge in [-0.2, -0.15) is 0 Å². The van der Waals surface area contributed by atoms with Crippen LogP contribution in [0.5, 0.6) is 11.5 Å². The summed E-state index contributed by atoms with van der Waals surface area (Å²) in [5.41, 5.74) is 2.06. The Morgan fingerprint density at radius 2 is 1.88 bits per heavy atom. The standard InChI is InChI=1S/C25H24N4O4S/c1-17(19-9-10-20-22(14-19)33-13-12-32-20)26-23(30)16-34-25-28-27-24(21-8-5-11-31-21)29(25)15-18-6-3-2-4-7-18/h2-11,14,17H,12-13,15-16H2,1H3,(H,26,30)/t17-/m0/s1. The van der Waals surface area contributed by atoms with E-state index in [9.17, 15) is 4.79 Å². The molecule has 2 aromatic heterocycles. The van der Waals surface area contributed by atoms with Crippen LogP contribution in [0, 0.1) is 0 Å². The lowest BCUT2D eigenvalue weighted by Crippen LogP contribution is -2.28. The number of amides is 1. The maximum atomic E-state index is 12.7. The Hall–Kier alpha value is -3.72. The topological polar surface area (TPSA) is 91.4 Å². The molecule has 2 aromatic carbocycles. The Balaban J connectivity index is 1.26. The fourth-order valence-corrected chi connectivity index (χ4v) is 4.47. The van der Waals surface area contributed by atoms with Gasteiger partial charge in [0.1, 0.15) is 13.2 Å². The van der Waals surface area contributed by atoms with Crippen LogP contribution in [-0.4, -0.2) is 39.6 Å². The summed E-state index contributed by atoms with van der Waals surface area (Å²) >= 11 is 1.34. The SMILES string of the molecule is C[C@H](NC(=O)CSc1nnc(-c2ccco2)n1Cc1ccccc1)c1ccc2c(c1)OCCO2. The maximum Gasteiger partial charge on any atom is 0.230 e. The van der Waals surface area contributed by atoms with Crippen LogP contribution < -0.4 is 14.8 Å². The van der Waals surface area contributed by atoms with Crippen molar-refractivity contribution in [2.24, 2.45) is 0 Å². The van der Waals surface area contributed by atoms with Crippen LogP contribution in [0.25, 0.3) is 11.6 Å². The number of hydrogen-bond acceptors (Lipinski definition) is 7. The van der Waals surface area contributed by atoms with Crippen molar-refractivity contribution in [2.45, 2.75) is 24.7 Å². The monoisotopic (exact) mass is 476 g/mol. The highest BCUT2D eigenvalue weighted by Gasteiger charge is 2.19. The van der Waals surface area contributed by atoms with Crippen LogP contribution in [0.3, 0.4) is 0 Å². The average molecular weight is 477 g/mol. The smallest absolute Gasteiger partial charge is 0.230 e. The molecule has 1 aliphatic heterocycles. The quantitative estimate of drug-likeness (QED) is 0.379. The number of nitrogens with one attached hydrogen (secondary N) is 1. The molecule has 1 amide bonds. The number of carbonyl (C=O) groups excluding carboxylic acids is 1. The zero-order chi connectivity index (χ0) is 23.3. The molecule has 9 heteroatoms. The van der Waals surface area contributed by atoms with Crippen LogP contribution in [0.1, 0.15) is 24.1 Å². The highest BCUT2D eigenvalue weighted by atomic mass is 32.2. The van der Waals surface area contributed by atoms with E-state index in [1.54, 1.807) is 6.26 Å². The number of aromatic nitrogens is 3. The molecule has 0 saturated heterocycles. The molecular formula is C25H24N4O4S. The third-order valence-corrected chi connectivity index (χ3v) is 6.38. The molecule has 0 aliphatic carbocycles. The minimum Gasteiger partial charge on any atom is -0.486 e. The zero-order valence-corrected chi connectivity index (χ0v) is 19.5. The van der Waals surface area contributed by atoms with E-state index in [-0.39, 0.29) is 17.7 Å². The molecule has 34 heavy (non-hydrogen) atoms. The molecule has 3 heterocycles. The first-order valence-electron chi connectivity index (χ1n) is 11.0. The van der Waals surface area contributed by atoms with Crippen molar-refractivity contribution < 1.29 is 18.7 Å². The molecule has 1 aliphatic rings. The molecule has 1 N–H and O–H groups in total. The summed E-state index contributed by atoms with van der Waals surface area (Å²) in [6, 6.07) is 19.3. The fraction of sp³-hybridized carbons (Fsp3) is 0.240. The Morgan fingerprint density at radius 3 is 2.68 bits per heavy atom. The lowest BCUT2D eigenvalue weighted by Gasteiger charge is -2.21. The molecule has 0 spiro atoms. The van der Waals surface area contributed by atoms with E-state index in [1.807, 2.05) is 72.2 Å². The normalized spacial score (nSPS) is 13.4. The lowest BCUT2D eigenvalue weighted by atomic mass is 10.1. The van der Waals surface area contributed by atoms with Gasteiger partial charge in [0.15, 0.2) is 22.4 Å². The largest absolute Gasteiger partial charge is 0.486 e. The van der Waals surface area contributed by atoms with Gasteiger partial charge in [-0.05, 0) is 42.3 Å². The van der Waals surface area contributed by atoms with Crippen molar-refractivity contribution in [3.05, 3.63) is 78.1 Å². The van der Waals surface area contributed by atoms with Crippen molar-refractivity contribution in [1.82, 2.24) is 20.1 Å². The Kier molecular flexibility index (Phi) is 6.53. The second kappa shape index (κ2) is 10.0. The van der Waals surface area contributed by atoms with Crippen LogP contribution >= 0.6 is 11.8 Å². The third kappa shape index (κ3) is 4.94. The summed E-state index contributed by atoms with van der Waals surface area (Å²) in [7, 11) is 0. The van der Waals surface area contributed by atoms with Crippen molar-refractivity contribution in [3.8, 4) is 23.1 Å². The van der Waals surface area contributed by atoms with Crippen LogP contribution in [0.15, 0.2) is 76.5 Å². The number of benzene rings is 2. The summed E-state index contributed by atoms with van der Waals surface area (Å²) in [5, 5.41) is 12.3. The number of carbonyl (C=O) groups is 1. The first-order chi connectivity index (χ1) is 16.7. The summed E-state index contributed by atoms with van der Waals surface area (Å²) in [6.07, 6.45) is 1.61. The van der Waals surface area contributed by atoms with Gasteiger partial charge in [-0.3, -0.25) is 9.36 Å². The minimum atomic E-state index is -0.176. The number of hydrogen-bond donors (Lipinski definition) is 1. The van der Waals surface area contributed by atoms with Crippen molar-refractivity contribution >= 4 is 17.7 Å². The van der Waals surface area contributed by atoms with Gasteiger partial charge < -0.3 is 19.2 Å². The van der Waals surface area contributed by atoms with Crippen molar-refractivity contribution in [2.75, 3.05) is 19.0 Å². The van der Waals surface area contributed by atoms with Crippen molar-refractivity contribution in [3.63, 3.8) is 0 Å². The van der Waals surface area contributed by atoms with E-state index in [4.69, 9.17) is 13.9 Å². The van der Waals surface area contributed by atoms with Gasteiger partial charge in [0.25, 0.3) is 0 Å². The molecule has 0 radical (unpaired) electrons. The molecule has 4 aromatic rings. The van der Waals surface area contributed by atoms with Crippen LogP contribution in [-0.2, 0) is 11.3 Å². The molecule has 0 fully saturated rings. The predicted octanol–water partition coefficient (Wildman–Crippen LogP) is 4.33. The molecule has 0 unspecified atom stereocenters. The molecule has 5 rings (SSSR count). The second-order valence-electron chi connectivity index (χ2n) is 7.84. The highest BCUT2D eigenvalue weighted by molar-refractivity contribution is 7.99. The zero-order valence-electron chi connectivity index (χ0n) is 18.6. The first-order valence-corrected chi connectivity index (χ1v) is 12.0. The van der Waals surface area contributed by atoms with Gasteiger partial charge in [0.05, 0.1) is 24.6 Å². The van der Waals surface area contributed by atoms with E-state index in [0.29, 0.717) is 42.2 Å². The van der Waals surface area contributed by atoms with E-state index in [0.717, 1.165) is 16.9 Å². The molecule has 174 valence electrons. The molecule has 1 atom stereocenters. The number of fused-ring (bicyclic) bond motifs is 1.